The smallest absolute Gasteiger partial charge is 0.373 e. The van der Waals surface area contributed by atoms with Crippen LogP contribution in [0.2, 0.25) is 0 Å². The first-order chi connectivity index (χ1) is 23.9. The maximum absolute atomic E-state index is 12.4. The van der Waals surface area contributed by atoms with E-state index in [9.17, 15) is 14.1 Å². The molecule has 0 spiro atoms. The highest BCUT2D eigenvalue weighted by Gasteiger charge is 2.21. The third kappa shape index (κ3) is 12.5. The number of ether oxygens (including phenoxy) is 1. The molecule has 1 unspecified atom stereocenters. The number of carbonyl (C=O) groups is 2. The monoisotopic (exact) mass is 728 g/mol. The topological polar surface area (TPSA) is 147 Å². The van der Waals surface area contributed by atoms with Crippen LogP contribution in [-0.4, -0.2) is 65.2 Å². The number of thiophene rings is 1. The zero-order valence-electron chi connectivity index (χ0n) is 29.7. The first kappa shape index (κ1) is 41.8. The Morgan fingerprint density at radius 3 is 2.30 bits per heavy atom. The van der Waals surface area contributed by atoms with E-state index in [1.165, 1.54) is 23.9 Å². The van der Waals surface area contributed by atoms with Gasteiger partial charge in [0.15, 0.2) is 6.29 Å². The number of quaternary nitrogens is 1. The van der Waals surface area contributed by atoms with E-state index in [1.807, 2.05) is 55.7 Å². The predicted molar refractivity (Wildman–Crippen MR) is 193 cm³/mol. The van der Waals surface area contributed by atoms with Crippen molar-refractivity contribution in [2.45, 2.75) is 63.8 Å². The zero-order chi connectivity index (χ0) is 37.3. The highest BCUT2D eigenvalue weighted by molar-refractivity contribution is 7.99. The molecule has 0 aliphatic heterocycles. The molecule has 2 aromatic heterocycles. The minimum atomic E-state index is -0.255. The molecule has 4 aromatic rings. The van der Waals surface area contributed by atoms with Crippen molar-refractivity contribution in [3.63, 3.8) is 0 Å². The number of nitrogens with zero attached hydrogens (tertiary/aromatic N) is 3. The van der Waals surface area contributed by atoms with Crippen LogP contribution < -0.4 is 15.8 Å². The Hall–Kier alpha value is -4.33. The number of nitrogens with one attached hydrogen (secondary N) is 1. The number of carbonyl (C=O) groups excluding carboxylic acids is 4. The van der Waals surface area contributed by atoms with Gasteiger partial charge in [-0.2, -0.15) is 19.5 Å². The summed E-state index contributed by atoms with van der Waals surface area (Å²) in [5, 5.41) is 2.86. The second-order valence-electron chi connectivity index (χ2n) is 12.0. The van der Waals surface area contributed by atoms with E-state index >= 15 is 0 Å². The van der Waals surface area contributed by atoms with Crippen LogP contribution in [0.1, 0.15) is 62.0 Å². The lowest BCUT2D eigenvalue weighted by Crippen LogP contribution is -2.72. The van der Waals surface area contributed by atoms with Gasteiger partial charge in [0.1, 0.15) is 23.7 Å². The summed E-state index contributed by atoms with van der Waals surface area (Å²) in [6, 6.07) is 20.3. The number of urea groups is 1. The molecule has 11 nitrogen and oxygen atoms in total. The summed E-state index contributed by atoms with van der Waals surface area (Å²) < 4.78 is 21.2. The van der Waals surface area contributed by atoms with Gasteiger partial charge in [-0.15, -0.1) is 11.3 Å². The Morgan fingerprint density at radius 2 is 1.80 bits per heavy atom. The Morgan fingerprint density at radius 1 is 1.16 bits per heavy atom. The third-order valence-corrected chi connectivity index (χ3v) is 9.62. The van der Waals surface area contributed by atoms with Crippen molar-refractivity contribution in [1.82, 2.24) is 19.2 Å². The van der Waals surface area contributed by atoms with Crippen LogP contribution >= 0.6 is 23.3 Å². The van der Waals surface area contributed by atoms with Crippen LogP contribution in [0.25, 0.3) is 22.5 Å². The number of halogens is 1. The fraction of sp³-hybridized carbons (Fsp3) is 0.389. The quantitative estimate of drug-likeness (QED) is 0.107. The maximum Gasteiger partial charge on any atom is 0.373 e. The van der Waals surface area contributed by atoms with E-state index < -0.39 is 0 Å². The molecule has 0 saturated carbocycles. The second kappa shape index (κ2) is 21.0. The zero-order valence-corrected chi connectivity index (χ0v) is 31.3. The molecule has 270 valence electrons. The Kier molecular flexibility index (Phi) is 17.6. The van der Waals surface area contributed by atoms with E-state index in [0.717, 1.165) is 45.6 Å². The first-order valence-electron chi connectivity index (χ1n) is 16.0. The van der Waals surface area contributed by atoms with Crippen molar-refractivity contribution in [3.8, 4) is 28.4 Å². The van der Waals surface area contributed by atoms with E-state index in [-0.39, 0.29) is 24.3 Å². The van der Waals surface area contributed by atoms with Crippen LogP contribution in [0.4, 0.5) is 9.32 Å². The van der Waals surface area contributed by atoms with Crippen molar-refractivity contribution < 1.29 is 39.1 Å². The van der Waals surface area contributed by atoms with Gasteiger partial charge in [0.25, 0.3) is 0 Å². The molecule has 0 aliphatic carbocycles. The van der Waals surface area contributed by atoms with Crippen molar-refractivity contribution in [2.75, 3.05) is 27.3 Å². The highest BCUT2D eigenvalue weighted by Crippen LogP contribution is 2.41. The fourth-order valence-corrected chi connectivity index (χ4v) is 7.10. The number of methoxy groups -OCH3 is 1. The lowest BCUT2D eigenvalue weighted by molar-refractivity contribution is -0.487. The molecular formula is C36H47FN5O6S2+. The van der Waals surface area contributed by atoms with Gasteiger partial charge in [-0.3, -0.25) is 9.10 Å². The summed E-state index contributed by atoms with van der Waals surface area (Å²) in [6.45, 7) is 11.3. The number of hydrogen-bond acceptors (Lipinski definition) is 9. The molecule has 14 heteroatoms. The third-order valence-electron chi connectivity index (χ3n) is 7.36. The van der Waals surface area contributed by atoms with Crippen molar-refractivity contribution in [2.24, 2.45) is 5.92 Å². The number of rotatable bonds is 14. The average Bonchev–Trinajstić information content (AvgIpc) is 3.65. The van der Waals surface area contributed by atoms with Crippen LogP contribution in [0.5, 0.6) is 5.88 Å². The number of benzene rings is 2. The summed E-state index contributed by atoms with van der Waals surface area (Å²) in [4.78, 5) is 49.9. The molecule has 1 atom stereocenters. The van der Waals surface area contributed by atoms with Crippen LogP contribution in [0.15, 0.2) is 64.9 Å². The van der Waals surface area contributed by atoms with Gasteiger partial charge in [0.2, 0.25) is 5.88 Å². The molecule has 0 saturated heterocycles. The van der Waals surface area contributed by atoms with E-state index in [0.29, 0.717) is 36.4 Å². The largest absolute Gasteiger partial charge is 0.479 e. The van der Waals surface area contributed by atoms with Gasteiger partial charge in [0.05, 0.1) is 11.3 Å². The second-order valence-corrected chi connectivity index (χ2v) is 14.6. The standard InChI is InChI=1S/C30H34N4O3S2.C5H12FNO.CO2/c1-6-31-30(36)33(4)39-29-25(17-24(38-29)16-20(2)3)22-14-12-21(13-15-22)18-34-26(19-35)28(37-5)32-27(34)23-10-8-7-9-11-23;1-3-5(2,7)4-8-6;2-1-3/h7-15,17,19-20H,6,16,18H2,1-5H3,(H,31,36);3-4,7H2,1-2H3;/p+1. The number of imidazole rings is 1. The molecule has 2 aromatic carbocycles. The van der Waals surface area contributed by atoms with E-state index in [4.69, 9.17) is 14.3 Å². The normalized spacial score (nSPS) is 11.6. The van der Waals surface area contributed by atoms with Crippen LogP contribution in [-0.2, 0) is 27.5 Å². The Labute approximate surface area is 301 Å². The van der Waals surface area contributed by atoms with Gasteiger partial charge in [-0.1, -0.05) is 75.4 Å². The Balaban J connectivity index is 0.000000685. The summed E-state index contributed by atoms with van der Waals surface area (Å²) >= 11 is 3.19. The van der Waals surface area contributed by atoms with E-state index in [2.05, 4.69) is 65.2 Å². The van der Waals surface area contributed by atoms with Gasteiger partial charge in [-0.05, 0) is 47.9 Å². The first-order valence-corrected chi connectivity index (χ1v) is 17.6. The summed E-state index contributed by atoms with van der Waals surface area (Å²) in [5.41, 5.74) is 8.01. The van der Waals surface area contributed by atoms with Crippen molar-refractivity contribution in [3.05, 3.63) is 76.8 Å². The average molecular weight is 729 g/mol. The fourth-order valence-electron chi connectivity index (χ4n) is 4.51. The lowest BCUT2D eigenvalue weighted by atomic mass is 10.0. The van der Waals surface area contributed by atoms with Crippen LogP contribution in [0, 0.1) is 5.92 Å². The summed E-state index contributed by atoms with van der Waals surface area (Å²) in [5.74, 6) is 1.53. The lowest BCUT2D eigenvalue weighted by Gasteiger charge is -2.16. The number of aromatic nitrogens is 2. The summed E-state index contributed by atoms with van der Waals surface area (Å²) in [6.07, 6.45) is 2.86. The minimum Gasteiger partial charge on any atom is -0.479 e. The van der Waals surface area contributed by atoms with Crippen LogP contribution in [0.3, 0.4) is 0 Å². The molecule has 0 bridgehead atoms. The van der Waals surface area contributed by atoms with Crippen molar-refractivity contribution in [1.29, 1.82) is 0 Å². The summed E-state index contributed by atoms with van der Waals surface area (Å²) in [7, 11) is 3.31. The maximum atomic E-state index is 12.4. The molecule has 4 rings (SSSR count). The molecule has 0 aliphatic rings. The molecular weight excluding hydrogens is 682 g/mol. The number of aldehydes is 1. The molecule has 50 heavy (non-hydrogen) atoms. The SMILES string of the molecule is CCC(C)([NH3+])COF.CCNC(=O)N(C)Sc1sc(CC(C)C)cc1-c1ccc(Cn2c(-c3ccccc3)nc(OC)c2C=O)cc1.O=C=O. The van der Waals surface area contributed by atoms with Gasteiger partial charge in [-0.25, -0.2) is 4.79 Å². The predicted octanol–water partition coefficient (Wildman–Crippen LogP) is 6.73. The molecule has 2 heterocycles. The van der Waals surface area contributed by atoms with Gasteiger partial charge >= 0.3 is 12.2 Å². The molecule has 0 fully saturated rings. The molecule has 2 amide bonds. The van der Waals surface area contributed by atoms with Gasteiger partial charge < -0.3 is 20.4 Å². The highest BCUT2D eigenvalue weighted by atomic mass is 32.2. The number of hydrogen-bond donors (Lipinski definition) is 2. The number of amides is 2. The minimum absolute atomic E-state index is 0.0868. The molecule has 0 radical (unpaired) electrons. The van der Waals surface area contributed by atoms with E-state index in [1.54, 1.807) is 22.7 Å². The van der Waals surface area contributed by atoms with Gasteiger partial charge in [0, 0.05) is 54.5 Å². The Bertz CT molecular complexity index is 1670. The molecule has 4 N–H and O–H groups in total. The van der Waals surface area contributed by atoms with Crippen molar-refractivity contribution >= 4 is 41.8 Å².